The number of nitrogens with zero attached hydrogens (tertiary/aromatic N) is 2. The molecule has 3 rings (SSSR count). The predicted molar refractivity (Wildman–Crippen MR) is 118 cm³/mol. The topological polar surface area (TPSA) is 58.1 Å². The van der Waals surface area contributed by atoms with Crippen molar-refractivity contribution in [2.24, 2.45) is 4.99 Å². The van der Waals surface area contributed by atoms with Crippen LogP contribution >= 0.6 is 11.6 Å². The molecule has 0 saturated carbocycles. The molecule has 2 aromatic rings. The zero-order chi connectivity index (χ0) is 20.5. The minimum Gasteiger partial charge on any atom is -0.496 e. The lowest BCUT2D eigenvalue weighted by atomic mass is 10.0. The van der Waals surface area contributed by atoms with Crippen molar-refractivity contribution in [1.29, 1.82) is 0 Å². The van der Waals surface area contributed by atoms with E-state index >= 15 is 0 Å². The van der Waals surface area contributed by atoms with E-state index in [0.29, 0.717) is 13.1 Å². The summed E-state index contributed by atoms with van der Waals surface area (Å²) in [5.41, 5.74) is 2.19. The average molecular weight is 417 g/mol. The van der Waals surface area contributed by atoms with Crippen LogP contribution in [0.2, 0.25) is 5.02 Å². The molecule has 1 heterocycles. The van der Waals surface area contributed by atoms with Gasteiger partial charge in [-0.25, -0.2) is 0 Å². The normalized spacial score (nSPS) is 16.3. The monoisotopic (exact) mass is 416 g/mol. The molecule has 1 saturated heterocycles. The van der Waals surface area contributed by atoms with E-state index in [0.717, 1.165) is 54.2 Å². The second-order valence-electron chi connectivity index (χ2n) is 6.80. The largest absolute Gasteiger partial charge is 0.496 e. The first-order valence-electron chi connectivity index (χ1n) is 9.85. The molecule has 0 aromatic heterocycles. The Hall–Kier alpha value is -2.28. The zero-order valence-corrected chi connectivity index (χ0v) is 17.8. The minimum atomic E-state index is 0.136. The number of ether oxygens (including phenoxy) is 2. The van der Waals surface area contributed by atoms with Crippen LogP contribution < -0.4 is 15.4 Å². The van der Waals surface area contributed by atoms with Gasteiger partial charge in [0.25, 0.3) is 0 Å². The zero-order valence-electron chi connectivity index (χ0n) is 17.0. The third-order valence-electron chi connectivity index (χ3n) is 5.08. The number of benzene rings is 2. The highest BCUT2D eigenvalue weighted by Crippen LogP contribution is 2.27. The van der Waals surface area contributed by atoms with Gasteiger partial charge in [-0.2, -0.15) is 0 Å². The van der Waals surface area contributed by atoms with Gasteiger partial charge in [0.2, 0.25) is 0 Å². The van der Waals surface area contributed by atoms with Gasteiger partial charge in [0.1, 0.15) is 5.75 Å². The standard InChI is InChI=1S/C22H29ClN4O2/c1-24-22(25-15-17-7-3-6-10-21(17)28-2)26-16-20(27-11-13-29-14-12-27)18-8-4-5-9-19(18)23/h3-10,20H,11-16H2,1-2H3,(H2,24,25,26). The van der Waals surface area contributed by atoms with Crippen molar-refractivity contribution in [3.63, 3.8) is 0 Å². The number of hydrogen-bond donors (Lipinski definition) is 2. The van der Waals surface area contributed by atoms with E-state index in [1.807, 2.05) is 42.5 Å². The summed E-state index contributed by atoms with van der Waals surface area (Å²) >= 11 is 6.52. The summed E-state index contributed by atoms with van der Waals surface area (Å²) in [6.07, 6.45) is 0. The predicted octanol–water partition coefficient (Wildman–Crippen LogP) is 3.09. The lowest BCUT2D eigenvalue weighted by Gasteiger charge is -2.35. The summed E-state index contributed by atoms with van der Waals surface area (Å²) in [6, 6.07) is 16.1. The molecule has 1 unspecified atom stereocenters. The van der Waals surface area contributed by atoms with E-state index in [9.17, 15) is 0 Å². The van der Waals surface area contributed by atoms with Crippen LogP contribution in [-0.2, 0) is 11.3 Å². The molecule has 1 atom stereocenters. The highest BCUT2D eigenvalue weighted by atomic mass is 35.5. The number of halogens is 1. The molecule has 0 amide bonds. The Morgan fingerprint density at radius 3 is 2.59 bits per heavy atom. The van der Waals surface area contributed by atoms with E-state index in [4.69, 9.17) is 21.1 Å². The van der Waals surface area contributed by atoms with Crippen molar-refractivity contribution in [3.8, 4) is 5.75 Å². The summed E-state index contributed by atoms with van der Waals surface area (Å²) in [5, 5.41) is 7.61. The number of nitrogens with one attached hydrogen (secondary N) is 2. The molecule has 0 aliphatic carbocycles. The fourth-order valence-corrected chi connectivity index (χ4v) is 3.77. The second-order valence-corrected chi connectivity index (χ2v) is 7.21. The average Bonchev–Trinajstić information content (AvgIpc) is 2.78. The lowest BCUT2D eigenvalue weighted by Crippen LogP contribution is -2.46. The van der Waals surface area contributed by atoms with E-state index in [-0.39, 0.29) is 6.04 Å². The number of aliphatic imine (C=N–C) groups is 1. The number of para-hydroxylation sites is 1. The van der Waals surface area contributed by atoms with Crippen LogP contribution in [0.5, 0.6) is 5.75 Å². The molecule has 1 aliphatic rings. The first kappa shape index (κ1) is 21.4. The Kier molecular flexibility index (Phi) is 8.16. The first-order chi connectivity index (χ1) is 14.2. The van der Waals surface area contributed by atoms with E-state index in [2.05, 4.69) is 26.6 Å². The van der Waals surface area contributed by atoms with Gasteiger partial charge in [-0.15, -0.1) is 0 Å². The van der Waals surface area contributed by atoms with Crippen LogP contribution in [-0.4, -0.2) is 57.9 Å². The molecule has 7 heteroatoms. The molecule has 0 radical (unpaired) electrons. The molecular formula is C22H29ClN4O2. The SMILES string of the molecule is CN=C(NCc1ccccc1OC)NCC(c1ccccc1Cl)N1CCOCC1. The molecule has 156 valence electrons. The number of rotatable bonds is 7. The van der Waals surface area contributed by atoms with Gasteiger partial charge in [0, 0.05) is 43.8 Å². The summed E-state index contributed by atoms with van der Waals surface area (Å²) in [4.78, 5) is 6.78. The summed E-state index contributed by atoms with van der Waals surface area (Å²) < 4.78 is 11.0. The molecule has 1 fully saturated rings. The Bertz CT molecular complexity index is 809. The summed E-state index contributed by atoms with van der Waals surface area (Å²) in [7, 11) is 3.46. The number of methoxy groups -OCH3 is 1. The number of hydrogen-bond acceptors (Lipinski definition) is 4. The van der Waals surface area contributed by atoms with Gasteiger partial charge in [0.05, 0.1) is 26.4 Å². The summed E-state index contributed by atoms with van der Waals surface area (Å²) in [5.74, 6) is 1.60. The molecule has 6 nitrogen and oxygen atoms in total. The fourth-order valence-electron chi connectivity index (χ4n) is 3.51. The fraction of sp³-hybridized carbons (Fsp3) is 0.409. The minimum absolute atomic E-state index is 0.136. The van der Waals surface area contributed by atoms with E-state index in [1.165, 1.54) is 0 Å². The van der Waals surface area contributed by atoms with E-state index < -0.39 is 0 Å². The second kappa shape index (κ2) is 11.0. The molecule has 0 bridgehead atoms. The number of morpholine rings is 1. The Labute approximate surface area is 177 Å². The highest BCUT2D eigenvalue weighted by Gasteiger charge is 2.24. The maximum absolute atomic E-state index is 6.52. The van der Waals surface area contributed by atoms with Gasteiger partial charge in [-0.3, -0.25) is 9.89 Å². The highest BCUT2D eigenvalue weighted by molar-refractivity contribution is 6.31. The van der Waals surface area contributed by atoms with Crippen LogP contribution in [0.25, 0.3) is 0 Å². The van der Waals surface area contributed by atoms with Crippen LogP contribution in [0.4, 0.5) is 0 Å². The van der Waals surface area contributed by atoms with E-state index in [1.54, 1.807) is 14.2 Å². The van der Waals surface area contributed by atoms with Gasteiger partial charge in [0.15, 0.2) is 5.96 Å². The quantitative estimate of drug-likeness (QED) is 0.536. The van der Waals surface area contributed by atoms with Crippen LogP contribution in [0.1, 0.15) is 17.2 Å². The Balaban J connectivity index is 1.66. The van der Waals surface area contributed by atoms with Crippen LogP contribution in [0.3, 0.4) is 0 Å². The van der Waals surface area contributed by atoms with Crippen molar-refractivity contribution in [2.45, 2.75) is 12.6 Å². The Morgan fingerprint density at radius 2 is 1.86 bits per heavy atom. The molecule has 29 heavy (non-hydrogen) atoms. The van der Waals surface area contributed by atoms with Gasteiger partial charge >= 0.3 is 0 Å². The third kappa shape index (κ3) is 5.85. The maximum Gasteiger partial charge on any atom is 0.191 e. The number of guanidine groups is 1. The maximum atomic E-state index is 6.52. The van der Waals surface area contributed by atoms with Gasteiger partial charge < -0.3 is 20.1 Å². The van der Waals surface area contributed by atoms with Crippen LogP contribution in [0, 0.1) is 0 Å². The molecule has 2 N–H and O–H groups in total. The van der Waals surface area contributed by atoms with Gasteiger partial charge in [-0.1, -0.05) is 48.0 Å². The first-order valence-corrected chi connectivity index (χ1v) is 10.2. The van der Waals surface area contributed by atoms with Crippen molar-refractivity contribution in [1.82, 2.24) is 15.5 Å². The van der Waals surface area contributed by atoms with Crippen molar-refractivity contribution in [2.75, 3.05) is 47.0 Å². The smallest absolute Gasteiger partial charge is 0.191 e. The molecule has 1 aliphatic heterocycles. The molecule has 2 aromatic carbocycles. The van der Waals surface area contributed by atoms with Crippen LogP contribution in [0.15, 0.2) is 53.5 Å². The lowest BCUT2D eigenvalue weighted by molar-refractivity contribution is 0.0170. The Morgan fingerprint density at radius 1 is 1.14 bits per heavy atom. The third-order valence-corrected chi connectivity index (χ3v) is 5.42. The van der Waals surface area contributed by atoms with Gasteiger partial charge in [-0.05, 0) is 17.7 Å². The van der Waals surface area contributed by atoms with Crippen molar-refractivity contribution >= 4 is 17.6 Å². The van der Waals surface area contributed by atoms with Crippen molar-refractivity contribution < 1.29 is 9.47 Å². The molecular weight excluding hydrogens is 388 g/mol. The summed E-state index contributed by atoms with van der Waals surface area (Å²) in [6.45, 7) is 4.55. The van der Waals surface area contributed by atoms with Crippen molar-refractivity contribution in [3.05, 3.63) is 64.7 Å². The molecule has 0 spiro atoms.